The van der Waals surface area contributed by atoms with Crippen molar-refractivity contribution in [1.82, 2.24) is 5.32 Å². The number of fused-ring (bicyclic) bond motifs is 2. The fraction of sp³-hybridized carbons (Fsp3) is 0.130. The van der Waals surface area contributed by atoms with Gasteiger partial charge in [0, 0.05) is 39.6 Å². The summed E-state index contributed by atoms with van der Waals surface area (Å²) in [5, 5.41) is 6.12. The molecular formula is C23H17ClFN3O2. The Morgan fingerprint density at radius 1 is 1.13 bits per heavy atom. The number of rotatable bonds is 2. The predicted molar refractivity (Wildman–Crippen MR) is 114 cm³/mol. The van der Waals surface area contributed by atoms with E-state index < -0.39 is 11.9 Å². The van der Waals surface area contributed by atoms with Crippen molar-refractivity contribution in [1.29, 1.82) is 0 Å². The van der Waals surface area contributed by atoms with Crippen LogP contribution in [0.1, 0.15) is 33.1 Å². The maximum Gasteiger partial charge on any atom is 0.326 e. The predicted octanol–water partition coefficient (Wildman–Crippen LogP) is 4.91. The lowest BCUT2D eigenvalue weighted by Gasteiger charge is -2.21. The summed E-state index contributed by atoms with van der Waals surface area (Å²) in [6.07, 6.45) is 0.790. The third kappa shape index (κ3) is 3.00. The van der Waals surface area contributed by atoms with Gasteiger partial charge >= 0.3 is 6.03 Å². The van der Waals surface area contributed by atoms with E-state index in [1.807, 2.05) is 24.3 Å². The van der Waals surface area contributed by atoms with Crippen molar-refractivity contribution in [3.8, 4) is 0 Å². The molecule has 0 saturated carbocycles. The van der Waals surface area contributed by atoms with Crippen LogP contribution in [-0.2, 0) is 6.42 Å². The summed E-state index contributed by atoms with van der Waals surface area (Å²) < 4.78 is 13.9. The zero-order chi connectivity index (χ0) is 20.8. The summed E-state index contributed by atoms with van der Waals surface area (Å²) in [6.45, 7) is 0.580. The molecule has 0 aliphatic carbocycles. The van der Waals surface area contributed by atoms with Crippen LogP contribution in [0.25, 0.3) is 0 Å². The number of carbonyl (C=O) groups excluding carboxylic acids is 2. The molecular weight excluding hydrogens is 405 g/mol. The molecule has 3 amide bonds. The molecule has 0 spiro atoms. The number of anilines is 2. The van der Waals surface area contributed by atoms with Gasteiger partial charge in [-0.25, -0.2) is 9.18 Å². The van der Waals surface area contributed by atoms with Gasteiger partial charge in [-0.2, -0.15) is 0 Å². The SMILES string of the molecule is O=C1NC(c2cc(F)ccc2Cl)c2c(NC(=O)N3CCc4ccccc43)cccc21. The molecule has 3 aromatic rings. The lowest BCUT2D eigenvalue weighted by molar-refractivity contribution is 0.0960. The standard InChI is InChI=1S/C23H17ClFN3O2/c24-17-9-8-14(25)12-16(17)21-20-15(22(29)27-21)5-3-6-18(20)26-23(30)28-11-10-13-4-1-2-7-19(13)28/h1-9,12,21H,10-11H2,(H,26,30)(H,27,29). The Kier molecular flexibility index (Phi) is 4.44. The molecule has 0 radical (unpaired) electrons. The Labute approximate surface area is 177 Å². The summed E-state index contributed by atoms with van der Waals surface area (Å²) in [7, 11) is 0. The number of nitrogens with one attached hydrogen (secondary N) is 2. The summed E-state index contributed by atoms with van der Waals surface area (Å²) in [5.74, 6) is -0.745. The Morgan fingerprint density at radius 3 is 2.83 bits per heavy atom. The van der Waals surface area contributed by atoms with Crippen LogP contribution in [0.2, 0.25) is 5.02 Å². The fourth-order valence-electron chi connectivity index (χ4n) is 4.17. The first kappa shape index (κ1) is 18.6. The summed E-state index contributed by atoms with van der Waals surface area (Å²) in [6, 6.07) is 16.0. The van der Waals surface area contributed by atoms with E-state index in [0.29, 0.717) is 33.9 Å². The van der Waals surface area contributed by atoms with E-state index in [2.05, 4.69) is 10.6 Å². The highest BCUT2D eigenvalue weighted by atomic mass is 35.5. The minimum absolute atomic E-state index is 0.281. The number of hydrogen-bond acceptors (Lipinski definition) is 2. The molecule has 2 aliphatic rings. The monoisotopic (exact) mass is 421 g/mol. The molecule has 0 fully saturated rings. The zero-order valence-electron chi connectivity index (χ0n) is 15.8. The molecule has 5 nitrogen and oxygen atoms in total. The van der Waals surface area contributed by atoms with Crippen molar-refractivity contribution in [2.75, 3.05) is 16.8 Å². The summed E-state index contributed by atoms with van der Waals surface area (Å²) >= 11 is 6.29. The lowest BCUT2D eigenvalue weighted by Crippen LogP contribution is -2.33. The third-order valence-electron chi connectivity index (χ3n) is 5.56. The molecule has 30 heavy (non-hydrogen) atoms. The van der Waals surface area contributed by atoms with Gasteiger partial charge < -0.3 is 10.6 Å². The van der Waals surface area contributed by atoms with Crippen LogP contribution < -0.4 is 15.5 Å². The topological polar surface area (TPSA) is 61.4 Å². The first-order valence-electron chi connectivity index (χ1n) is 9.58. The van der Waals surface area contributed by atoms with Crippen LogP contribution in [0.4, 0.5) is 20.6 Å². The van der Waals surface area contributed by atoms with Gasteiger partial charge in [-0.3, -0.25) is 9.69 Å². The normalized spacial score (nSPS) is 16.8. The third-order valence-corrected chi connectivity index (χ3v) is 5.90. The maximum atomic E-state index is 13.9. The van der Waals surface area contributed by atoms with Crippen molar-refractivity contribution in [2.24, 2.45) is 0 Å². The second kappa shape index (κ2) is 7.15. The van der Waals surface area contributed by atoms with Gasteiger partial charge in [0.2, 0.25) is 0 Å². The first-order chi connectivity index (χ1) is 14.5. The molecule has 3 aromatic carbocycles. The molecule has 5 rings (SSSR count). The van der Waals surface area contributed by atoms with E-state index in [0.717, 1.165) is 17.7 Å². The molecule has 1 unspecified atom stereocenters. The largest absolute Gasteiger partial charge is 0.341 e. The van der Waals surface area contributed by atoms with Gasteiger partial charge in [-0.15, -0.1) is 0 Å². The van der Waals surface area contributed by atoms with Crippen molar-refractivity contribution in [3.05, 3.63) is 93.8 Å². The van der Waals surface area contributed by atoms with E-state index >= 15 is 0 Å². The van der Waals surface area contributed by atoms with Gasteiger partial charge in [0.05, 0.1) is 6.04 Å². The van der Waals surface area contributed by atoms with Gasteiger partial charge in [-0.05, 0) is 48.4 Å². The molecule has 7 heteroatoms. The second-order valence-corrected chi connectivity index (χ2v) is 7.71. The number of para-hydroxylation sites is 1. The average Bonchev–Trinajstić information content (AvgIpc) is 3.32. The number of nitrogens with zero attached hydrogens (tertiary/aromatic N) is 1. The Morgan fingerprint density at radius 2 is 1.97 bits per heavy atom. The van der Waals surface area contributed by atoms with E-state index in [4.69, 9.17) is 11.6 Å². The number of amides is 3. The van der Waals surface area contributed by atoms with Gasteiger partial charge in [-0.1, -0.05) is 35.9 Å². The smallest absolute Gasteiger partial charge is 0.326 e. The quantitative estimate of drug-likeness (QED) is 0.617. The Bertz CT molecular complexity index is 1200. The maximum absolute atomic E-state index is 13.9. The van der Waals surface area contributed by atoms with Crippen molar-refractivity contribution >= 4 is 34.9 Å². The number of benzene rings is 3. The van der Waals surface area contributed by atoms with Crippen LogP contribution in [-0.4, -0.2) is 18.5 Å². The van der Waals surface area contributed by atoms with Gasteiger partial charge in [0.15, 0.2) is 0 Å². The number of carbonyl (C=O) groups is 2. The van der Waals surface area contributed by atoms with Crippen LogP contribution in [0.15, 0.2) is 60.7 Å². The Balaban J connectivity index is 1.52. The average molecular weight is 422 g/mol. The van der Waals surface area contributed by atoms with Gasteiger partial charge in [0.1, 0.15) is 5.82 Å². The second-order valence-electron chi connectivity index (χ2n) is 7.30. The highest BCUT2D eigenvalue weighted by Crippen LogP contribution is 2.39. The molecule has 150 valence electrons. The molecule has 0 bridgehead atoms. The minimum atomic E-state index is -0.655. The molecule has 2 aliphatic heterocycles. The minimum Gasteiger partial charge on any atom is -0.341 e. The molecule has 1 atom stereocenters. The highest BCUT2D eigenvalue weighted by molar-refractivity contribution is 6.31. The molecule has 2 N–H and O–H groups in total. The van der Waals surface area contributed by atoms with Gasteiger partial charge in [0.25, 0.3) is 5.91 Å². The van der Waals surface area contributed by atoms with E-state index in [-0.39, 0.29) is 11.9 Å². The number of urea groups is 1. The van der Waals surface area contributed by atoms with Crippen molar-refractivity contribution in [2.45, 2.75) is 12.5 Å². The summed E-state index contributed by atoms with van der Waals surface area (Å²) in [4.78, 5) is 27.3. The van der Waals surface area contributed by atoms with E-state index in [1.165, 1.54) is 18.2 Å². The van der Waals surface area contributed by atoms with E-state index in [1.54, 1.807) is 23.1 Å². The van der Waals surface area contributed by atoms with Crippen LogP contribution >= 0.6 is 11.6 Å². The summed E-state index contributed by atoms with van der Waals surface area (Å²) in [5.41, 5.74) is 3.94. The molecule has 0 saturated heterocycles. The Hall–Kier alpha value is -3.38. The number of hydrogen-bond donors (Lipinski definition) is 2. The molecule has 2 heterocycles. The van der Waals surface area contributed by atoms with E-state index in [9.17, 15) is 14.0 Å². The van der Waals surface area contributed by atoms with Crippen LogP contribution in [0.5, 0.6) is 0 Å². The van der Waals surface area contributed by atoms with Crippen LogP contribution in [0, 0.1) is 5.82 Å². The lowest BCUT2D eigenvalue weighted by atomic mass is 9.96. The number of halogens is 2. The highest BCUT2D eigenvalue weighted by Gasteiger charge is 2.34. The zero-order valence-corrected chi connectivity index (χ0v) is 16.5. The first-order valence-corrected chi connectivity index (χ1v) is 9.96. The molecule has 0 aromatic heterocycles. The van der Waals surface area contributed by atoms with Crippen molar-refractivity contribution in [3.63, 3.8) is 0 Å². The fourth-order valence-corrected chi connectivity index (χ4v) is 4.39. The van der Waals surface area contributed by atoms with Crippen LogP contribution in [0.3, 0.4) is 0 Å². The van der Waals surface area contributed by atoms with Crippen molar-refractivity contribution < 1.29 is 14.0 Å².